The highest BCUT2D eigenvalue weighted by Gasteiger charge is 2.17. The molecule has 0 bridgehead atoms. The molecule has 6 heteroatoms. The van der Waals surface area contributed by atoms with Gasteiger partial charge in [-0.3, -0.25) is 4.68 Å². The van der Waals surface area contributed by atoms with Crippen LogP contribution in [0.15, 0.2) is 12.3 Å². The zero-order valence-corrected chi connectivity index (χ0v) is 7.68. The maximum atomic E-state index is 9.43. The van der Waals surface area contributed by atoms with E-state index in [2.05, 4.69) is 5.10 Å². The zero-order chi connectivity index (χ0) is 10.1. The molecule has 0 saturated heterocycles. The van der Waals surface area contributed by atoms with Crippen LogP contribution in [0.1, 0.15) is 13.8 Å². The molecular weight excluding hydrogens is 171 g/mol. The highest BCUT2D eigenvalue weighted by Crippen LogP contribution is 2.03. The van der Waals surface area contributed by atoms with Gasteiger partial charge in [-0.2, -0.15) is 5.10 Å². The predicted octanol–water partition coefficient (Wildman–Crippen LogP) is -1.67. The summed E-state index contributed by atoms with van der Waals surface area (Å²) < 4.78 is 1.47. The molecule has 5 nitrogen and oxygen atoms in total. The Kier molecular flexibility index (Phi) is 2.75. The maximum absolute atomic E-state index is 9.43. The van der Waals surface area contributed by atoms with Crippen LogP contribution < -0.4 is 5.59 Å². The van der Waals surface area contributed by atoms with Gasteiger partial charge in [0.05, 0.1) is 17.7 Å². The molecule has 1 aromatic rings. The van der Waals surface area contributed by atoms with Gasteiger partial charge in [0.25, 0.3) is 0 Å². The first kappa shape index (κ1) is 10.2. The van der Waals surface area contributed by atoms with Crippen LogP contribution >= 0.6 is 0 Å². The Hall–Kier alpha value is -0.845. The van der Waals surface area contributed by atoms with Crippen LogP contribution in [-0.4, -0.2) is 37.7 Å². The van der Waals surface area contributed by atoms with E-state index < -0.39 is 12.7 Å². The van der Waals surface area contributed by atoms with Gasteiger partial charge in [0.15, 0.2) is 0 Å². The van der Waals surface area contributed by atoms with Gasteiger partial charge in [0.1, 0.15) is 0 Å². The highest BCUT2D eigenvalue weighted by atomic mass is 16.4. The van der Waals surface area contributed by atoms with Crippen LogP contribution in [0.3, 0.4) is 0 Å². The summed E-state index contributed by atoms with van der Waals surface area (Å²) in [6, 6.07) is 1.50. The largest absolute Gasteiger partial charge is 0.510 e. The fourth-order valence-electron chi connectivity index (χ4n) is 1.000. The van der Waals surface area contributed by atoms with E-state index in [1.54, 1.807) is 20.0 Å². The van der Waals surface area contributed by atoms with Crippen molar-refractivity contribution in [2.24, 2.45) is 0 Å². The van der Waals surface area contributed by atoms with Gasteiger partial charge in [0, 0.05) is 6.20 Å². The van der Waals surface area contributed by atoms with E-state index >= 15 is 0 Å². The second-order valence-electron chi connectivity index (χ2n) is 3.62. The number of hydrogen-bond acceptors (Lipinski definition) is 4. The van der Waals surface area contributed by atoms with E-state index in [4.69, 9.17) is 10.0 Å². The van der Waals surface area contributed by atoms with Crippen LogP contribution in [0, 0.1) is 0 Å². The lowest BCUT2D eigenvalue weighted by Gasteiger charge is -2.16. The first-order valence-electron chi connectivity index (χ1n) is 4.00. The fraction of sp³-hybridized carbons (Fsp3) is 0.571. The molecule has 0 amide bonds. The van der Waals surface area contributed by atoms with Gasteiger partial charge >= 0.3 is 7.12 Å². The lowest BCUT2D eigenvalue weighted by molar-refractivity contribution is 0.0578. The highest BCUT2D eigenvalue weighted by molar-refractivity contribution is 6.57. The second kappa shape index (κ2) is 3.49. The summed E-state index contributed by atoms with van der Waals surface area (Å²) >= 11 is 0. The smallest absolute Gasteiger partial charge is 0.422 e. The second-order valence-corrected chi connectivity index (χ2v) is 3.62. The van der Waals surface area contributed by atoms with Gasteiger partial charge in [0.2, 0.25) is 0 Å². The van der Waals surface area contributed by atoms with Gasteiger partial charge in [-0.25, -0.2) is 0 Å². The average molecular weight is 184 g/mol. The van der Waals surface area contributed by atoms with Gasteiger partial charge < -0.3 is 15.2 Å². The van der Waals surface area contributed by atoms with Crippen molar-refractivity contribution in [3.8, 4) is 0 Å². The Morgan fingerprint density at radius 1 is 1.54 bits per heavy atom. The third kappa shape index (κ3) is 3.18. The minimum absolute atomic E-state index is 0.184. The number of aliphatic hydroxyl groups is 1. The molecule has 0 aliphatic heterocycles. The van der Waals surface area contributed by atoms with Crippen molar-refractivity contribution in [2.45, 2.75) is 26.0 Å². The Bertz CT molecular complexity index is 280. The summed E-state index contributed by atoms with van der Waals surface area (Å²) in [5, 5.41) is 30.8. The standard InChI is InChI=1S/C7H13BN2O3/c1-7(2,11)5-10-4-3-6(9-10)8(12)13/h3-4,11-13H,5H2,1-2H3. The van der Waals surface area contributed by atoms with E-state index in [9.17, 15) is 5.11 Å². The molecule has 3 N–H and O–H groups in total. The molecule has 0 aromatic carbocycles. The van der Waals surface area contributed by atoms with Crippen molar-refractivity contribution >= 4 is 12.7 Å². The van der Waals surface area contributed by atoms with Crippen molar-refractivity contribution in [3.63, 3.8) is 0 Å². The molecule has 0 fully saturated rings. The van der Waals surface area contributed by atoms with Gasteiger partial charge in [-0.15, -0.1) is 0 Å². The van der Waals surface area contributed by atoms with Crippen molar-refractivity contribution in [1.82, 2.24) is 9.78 Å². The van der Waals surface area contributed by atoms with Crippen LogP contribution in [-0.2, 0) is 6.54 Å². The molecule has 72 valence electrons. The third-order valence-electron chi connectivity index (χ3n) is 1.47. The van der Waals surface area contributed by atoms with Crippen LogP contribution in [0.4, 0.5) is 0 Å². The quantitative estimate of drug-likeness (QED) is 0.491. The van der Waals surface area contributed by atoms with Crippen molar-refractivity contribution in [3.05, 3.63) is 12.3 Å². The van der Waals surface area contributed by atoms with Gasteiger partial charge in [-0.1, -0.05) is 0 Å². The third-order valence-corrected chi connectivity index (χ3v) is 1.47. The summed E-state index contributed by atoms with van der Waals surface area (Å²) in [5.41, 5.74) is -0.673. The summed E-state index contributed by atoms with van der Waals surface area (Å²) in [6.45, 7) is 3.63. The Labute approximate surface area is 76.8 Å². The number of aromatic nitrogens is 2. The topological polar surface area (TPSA) is 78.5 Å². The molecule has 13 heavy (non-hydrogen) atoms. The molecule has 1 heterocycles. The van der Waals surface area contributed by atoms with Crippen molar-refractivity contribution < 1.29 is 15.2 Å². The monoisotopic (exact) mass is 184 g/mol. The Balaban J connectivity index is 2.70. The molecule has 0 aliphatic rings. The first-order valence-corrected chi connectivity index (χ1v) is 4.00. The Morgan fingerprint density at radius 2 is 2.15 bits per heavy atom. The lowest BCUT2D eigenvalue weighted by atomic mass is 9.87. The minimum Gasteiger partial charge on any atom is -0.422 e. The summed E-state index contributed by atoms with van der Waals surface area (Å²) in [5.74, 6) is 0. The summed E-state index contributed by atoms with van der Waals surface area (Å²) in [6.07, 6.45) is 1.59. The zero-order valence-electron chi connectivity index (χ0n) is 7.68. The SMILES string of the molecule is CC(C)(O)Cn1ccc(B(O)O)n1. The van der Waals surface area contributed by atoms with Gasteiger partial charge in [-0.05, 0) is 19.9 Å². The number of hydrogen-bond donors (Lipinski definition) is 3. The molecule has 0 unspecified atom stereocenters. The predicted molar refractivity (Wildman–Crippen MR) is 48.4 cm³/mol. The molecular formula is C7H13BN2O3. The lowest BCUT2D eigenvalue weighted by Crippen LogP contribution is -2.33. The minimum atomic E-state index is -1.55. The fourth-order valence-corrected chi connectivity index (χ4v) is 1.000. The molecule has 0 atom stereocenters. The van der Waals surface area contributed by atoms with Crippen LogP contribution in [0.2, 0.25) is 0 Å². The van der Waals surface area contributed by atoms with E-state index in [1.165, 1.54) is 10.7 Å². The van der Waals surface area contributed by atoms with Crippen LogP contribution in [0.25, 0.3) is 0 Å². The Morgan fingerprint density at radius 3 is 2.54 bits per heavy atom. The summed E-state index contributed by atoms with van der Waals surface area (Å²) in [7, 11) is -1.55. The summed E-state index contributed by atoms with van der Waals surface area (Å²) in [4.78, 5) is 0. The number of nitrogens with zero attached hydrogens (tertiary/aromatic N) is 2. The number of rotatable bonds is 3. The van der Waals surface area contributed by atoms with E-state index in [0.717, 1.165) is 0 Å². The maximum Gasteiger partial charge on any atom is 0.510 e. The molecule has 0 spiro atoms. The molecule has 1 aromatic heterocycles. The van der Waals surface area contributed by atoms with E-state index in [0.29, 0.717) is 6.54 Å². The van der Waals surface area contributed by atoms with E-state index in [-0.39, 0.29) is 5.59 Å². The van der Waals surface area contributed by atoms with E-state index in [1.807, 2.05) is 0 Å². The molecule has 0 aliphatic carbocycles. The molecule has 0 radical (unpaired) electrons. The van der Waals surface area contributed by atoms with Crippen molar-refractivity contribution in [2.75, 3.05) is 0 Å². The molecule has 1 rings (SSSR count). The average Bonchev–Trinajstić information content (AvgIpc) is 2.31. The normalized spacial score (nSPS) is 11.8. The van der Waals surface area contributed by atoms with Crippen LogP contribution in [0.5, 0.6) is 0 Å². The van der Waals surface area contributed by atoms with Crippen molar-refractivity contribution in [1.29, 1.82) is 0 Å². The first-order chi connectivity index (χ1) is 5.88. The molecule has 0 saturated carbocycles.